The van der Waals surface area contributed by atoms with Gasteiger partial charge in [0.1, 0.15) is 0 Å². The van der Waals surface area contributed by atoms with E-state index in [1.165, 1.54) is 7.11 Å². The number of methoxy groups -OCH3 is 1. The molecule has 0 radical (unpaired) electrons. The van der Waals surface area contributed by atoms with E-state index in [1.807, 2.05) is 36.4 Å². The third-order valence-corrected chi connectivity index (χ3v) is 2.97. The summed E-state index contributed by atoms with van der Waals surface area (Å²) in [6.07, 6.45) is 7.79. The van der Waals surface area contributed by atoms with Gasteiger partial charge < -0.3 is 9.84 Å². The fraction of sp³-hybridized carbons (Fsp3) is 0.353. The zero-order valence-electron chi connectivity index (χ0n) is 12.1. The smallest absolute Gasteiger partial charge is 0.371 e. The minimum atomic E-state index is -1.04. The summed E-state index contributed by atoms with van der Waals surface area (Å²) in [6.45, 7) is 2.15. The summed E-state index contributed by atoms with van der Waals surface area (Å²) in [7, 11) is 1.38. The zero-order valence-corrected chi connectivity index (χ0v) is 12.1. The monoisotopic (exact) mass is 274 g/mol. The van der Waals surface area contributed by atoms with Crippen molar-refractivity contribution in [3.05, 3.63) is 53.3 Å². The maximum absolute atomic E-state index is 11.0. The van der Waals surface area contributed by atoms with Crippen molar-refractivity contribution in [2.75, 3.05) is 7.11 Å². The molecule has 0 unspecified atom stereocenters. The molecule has 0 aliphatic carbocycles. The zero-order chi connectivity index (χ0) is 14.8. The molecule has 0 aliphatic rings. The Balaban J connectivity index is 2.95. The van der Waals surface area contributed by atoms with Crippen molar-refractivity contribution < 1.29 is 14.6 Å². The summed E-state index contributed by atoms with van der Waals surface area (Å²) in [5.41, 5.74) is 2.04. The lowest BCUT2D eigenvalue weighted by Gasteiger charge is -2.05. The molecule has 20 heavy (non-hydrogen) atoms. The first-order chi connectivity index (χ1) is 9.67. The van der Waals surface area contributed by atoms with Crippen molar-refractivity contribution in [1.82, 2.24) is 0 Å². The molecule has 0 heterocycles. The minimum absolute atomic E-state index is 0.0244. The highest BCUT2D eigenvalue weighted by Gasteiger charge is 2.08. The number of unbranched alkanes of at least 4 members (excludes halogenated alkanes) is 2. The van der Waals surface area contributed by atoms with E-state index in [1.54, 1.807) is 6.08 Å². The molecule has 0 bridgehead atoms. The lowest BCUT2D eigenvalue weighted by molar-refractivity contribution is -0.136. The molecule has 0 atom stereocenters. The first kappa shape index (κ1) is 16.0. The molecule has 0 saturated carbocycles. The third kappa shape index (κ3) is 5.74. The molecular formula is C17H22O3. The van der Waals surface area contributed by atoms with Gasteiger partial charge in [-0.05, 0) is 30.1 Å². The summed E-state index contributed by atoms with van der Waals surface area (Å²) in [4.78, 5) is 11.0. The van der Waals surface area contributed by atoms with Gasteiger partial charge in [0.15, 0.2) is 0 Å². The number of rotatable bonds is 8. The first-order valence-corrected chi connectivity index (χ1v) is 6.92. The molecule has 1 aromatic rings. The van der Waals surface area contributed by atoms with Crippen molar-refractivity contribution in [2.45, 2.75) is 32.6 Å². The van der Waals surface area contributed by atoms with E-state index in [-0.39, 0.29) is 5.76 Å². The Kier molecular flexibility index (Phi) is 7.18. The Morgan fingerprint density at radius 2 is 1.95 bits per heavy atom. The highest BCUT2D eigenvalue weighted by molar-refractivity contribution is 5.85. The number of carboxylic acid groups (broad SMARTS) is 1. The van der Waals surface area contributed by atoms with E-state index in [9.17, 15) is 4.79 Å². The predicted molar refractivity (Wildman–Crippen MR) is 81.3 cm³/mol. The van der Waals surface area contributed by atoms with Gasteiger partial charge in [0, 0.05) is 0 Å². The lowest BCUT2D eigenvalue weighted by Crippen LogP contribution is -2.03. The maximum atomic E-state index is 11.0. The number of ether oxygens (including phenoxy) is 1. The number of allylic oxidation sites excluding steroid dienone is 2. The second-order valence-corrected chi connectivity index (χ2v) is 4.60. The van der Waals surface area contributed by atoms with Crippen LogP contribution in [-0.4, -0.2) is 18.2 Å². The average Bonchev–Trinajstić information content (AvgIpc) is 2.45. The van der Waals surface area contributed by atoms with Gasteiger partial charge in [-0.1, -0.05) is 56.2 Å². The Labute approximate surface area is 120 Å². The van der Waals surface area contributed by atoms with Crippen LogP contribution in [0.25, 0.3) is 6.08 Å². The maximum Gasteiger partial charge on any atom is 0.371 e. The largest absolute Gasteiger partial charge is 0.490 e. The van der Waals surface area contributed by atoms with Crippen LogP contribution in [0.5, 0.6) is 0 Å². The Bertz CT molecular complexity index is 472. The lowest BCUT2D eigenvalue weighted by atomic mass is 10.0. The van der Waals surface area contributed by atoms with Crippen LogP contribution in [0.2, 0.25) is 0 Å². The highest BCUT2D eigenvalue weighted by atomic mass is 16.5. The van der Waals surface area contributed by atoms with Crippen molar-refractivity contribution in [1.29, 1.82) is 0 Å². The Morgan fingerprint density at radius 1 is 1.25 bits per heavy atom. The van der Waals surface area contributed by atoms with Crippen molar-refractivity contribution in [3.8, 4) is 0 Å². The molecule has 1 rings (SSSR count). The number of carboxylic acids is 1. The first-order valence-electron chi connectivity index (χ1n) is 6.92. The van der Waals surface area contributed by atoms with E-state index in [4.69, 9.17) is 9.84 Å². The molecule has 3 heteroatoms. The van der Waals surface area contributed by atoms with Crippen LogP contribution < -0.4 is 0 Å². The summed E-state index contributed by atoms with van der Waals surface area (Å²) < 4.78 is 4.91. The minimum Gasteiger partial charge on any atom is -0.490 e. The Morgan fingerprint density at radius 3 is 2.50 bits per heavy atom. The topological polar surface area (TPSA) is 46.5 Å². The molecular weight excluding hydrogens is 252 g/mol. The summed E-state index contributed by atoms with van der Waals surface area (Å²) in [6, 6.07) is 9.89. The van der Waals surface area contributed by atoms with Gasteiger partial charge in [-0.2, -0.15) is 0 Å². The van der Waals surface area contributed by atoms with E-state index < -0.39 is 5.97 Å². The van der Waals surface area contributed by atoms with Gasteiger partial charge in [0.25, 0.3) is 0 Å². The van der Waals surface area contributed by atoms with Gasteiger partial charge in [-0.15, -0.1) is 0 Å². The molecule has 0 spiro atoms. The number of hydrogen-bond acceptors (Lipinski definition) is 2. The van der Waals surface area contributed by atoms with E-state index in [0.29, 0.717) is 0 Å². The van der Waals surface area contributed by atoms with Crippen LogP contribution in [0, 0.1) is 0 Å². The van der Waals surface area contributed by atoms with Crippen LogP contribution in [-0.2, 0) is 9.53 Å². The number of carbonyl (C=O) groups is 1. The number of aliphatic carboxylic acids is 1. The van der Waals surface area contributed by atoms with Crippen molar-refractivity contribution in [2.24, 2.45) is 0 Å². The van der Waals surface area contributed by atoms with Gasteiger partial charge in [0.05, 0.1) is 7.11 Å². The SMILES string of the molecule is CCCCCC(=Cc1ccccc1)C=C(OC)C(=O)O. The van der Waals surface area contributed by atoms with E-state index >= 15 is 0 Å². The van der Waals surface area contributed by atoms with Gasteiger partial charge in [0.2, 0.25) is 5.76 Å². The molecule has 0 amide bonds. The normalized spacial score (nSPS) is 12.3. The summed E-state index contributed by atoms with van der Waals surface area (Å²) in [5.74, 6) is -1.06. The molecule has 1 N–H and O–H groups in total. The highest BCUT2D eigenvalue weighted by Crippen LogP contribution is 2.17. The predicted octanol–water partition coefficient (Wildman–Crippen LogP) is 4.27. The standard InChI is InChI=1S/C17H22O3/c1-3-4-6-11-15(13-16(20-2)17(18)19)12-14-9-7-5-8-10-14/h5,7-10,12-13H,3-4,6,11H2,1-2H3,(H,18,19). The van der Waals surface area contributed by atoms with Crippen LogP contribution in [0.4, 0.5) is 0 Å². The van der Waals surface area contributed by atoms with Crippen molar-refractivity contribution in [3.63, 3.8) is 0 Å². The third-order valence-electron chi connectivity index (χ3n) is 2.97. The van der Waals surface area contributed by atoms with Gasteiger partial charge >= 0.3 is 5.97 Å². The van der Waals surface area contributed by atoms with Crippen LogP contribution in [0.1, 0.15) is 38.2 Å². The van der Waals surface area contributed by atoms with Crippen LogP contribution >= 0.6 is 0 Å². The van der Waals surface area contributed by atoms with Crippen LogP contribution in [0.3, 0.4) is 0 Å². The van der Waals surface area contributed by atoms with E-state index in [2.05, 4.69) is 6.92 Å². The average molecular weight is 274 g/mol. The summed E-state index contributed by atoms with van der Waals surface area (Å²) in [5, 5.41) is 9.04. The summed E-state index contributed by atoms with van der Waals surface area (Å²) >= 11 is 0. The second-order valence-electron chi connectivity index (χ2n) is 4.60. The fourth-order valence-electron chi connectivity index (χ4n) is 1.90. The van der Waals surface area contributed by atoms with Crippen LogP contribution in [0.15, 0.2) is 47.7 Å². The molecule has 108 valence electrons. The number of benzene rings is 1. The Hall–Kier alpha value is -2.03. The fourth-order valence-corrected chi connectivity index (χ4v) is 1.90. The second kappa shape index (κ2) is 8.97. The number of hydrogen-bond donors (Lipinski definition) is 1. The van der Waals surface area contributed by atoms with Gasteiger partial charge in [-0.25, -0.2) is 4.79 Å². The molecule has 0 fully saturated rings. The van der Waals surface area contributed by atoms with E-state index in [0.717, 1.165) is 36.8 Å². The molecule has 0 saturated heterocycles. The molecule has 1 aromatic carbocycles. The molecule has 0 aromatic heterocycles. The quantitative estimate of drug-likeness (QED) is 0.333. The van der Waals surface area contributed by atoms with Crippen molar-refractivity contribution >= 4 is 12.0 Å². The molecule has 0 aliphatic heterocycles. The molecule has 3 nitrogen and oxygen atoms in total. The van der Waals surface area contributed by atoms with Gasteiger partial charge in [-0.3, -0.25) is 0 Å².